The zero-order chi connectivity index (χ0) is 21.3. The molecular formula is C25H29N3O3. The molecule has 162 valence electrons. The van der Waals surface area contributed by atoms with Crippen molar-refractivity contribution in [3.05, 3.63) is 77.6 Å². The molecule has 2 aliphatic heterocycles. The molecule has 1 spiro atoms. The van der Waals surface area contributed by atoms with Gasteiger partial charge in [0, 0.05) is 38.7 Å². The highest BCUT2D eigenvalue weighted by molar-refractivity contribution is 5.38. The van der Waals surface area contributed by atoms with Crippen LogP contribution in [0.4, 0.5) is 0 Å². The number of para-hydroxylation sites is 1. The van der Waals surface area contributed by atoms with Gasteiger partial charge in [0.05, 0.1) is 24.7 Å². The molecule has 0 aliphatic carbocycles. The quantitative estimate of drug-likeness (QED) is 0.627. The SMILES string of the molecule is COc1ccc(CN2CCC3(CC2)OC(OC)Cc2c3cnn2-c2ccccc2)cc1. The van der Waals surface area contributed by atoms with E-state index in [0.29, 0.717) is 6.42 Å². The summed E-state index contributed by atoms with van der Waals surface area (Å²) in [6.07, 6.45) is 4.32. The number of rotatable bonds is 5. The van der Waals surface area contributed by atoms with Gasteiger partial charge >= 0.3 is 0 Å². The number of methoxy groups -OCH3 is 2. The Bertz CT molecular complexity index is 1010. The molecule has 1 atom stereocenters. The van der Waals surface area contributed by atoms with Gasteiger partial charge in [0.15, 0.2) is 6.29 Å². The number of fused-ring (bicyclic) bond motifs is 2. The Labute approximate surface area is 183 Å². The number of ether oxygens (including phenoxy) is 3. The summed E-state index contributed by atoms with van der Waals surface area (Å²) < 4.78 is 19.6. The summed E-state index contributed by atoms with van der Waals surface area (Å²) in [7, 11) is 3.43. The van der Waals surface area contributed by atoms with Crippen molar-refractivity contribution in [1.82, 2.24) is 14.7 Å². The molecule has 3 heterocycles. The molecule has 1 fully saturated rings. The number of benzene rings is 2. The molecule has 6 nitrogen and oxygen atoms in total. The average molecular weight is 420 g/mol. The minimum absolute atomic E-state index is 0.250. The van der Waals surface area contributed by atoms with E-state index < -0.39 is 0 Å². The van der Waals surface area contributed by atoms with E-state index >= 15 is 0 Å². The maximum atomic E-state index is 6.55. The van der Waals surface area contributed by atoms with Crippen molar-refractivity contribution in [2.24, 2.45) is 0 Å². The molecule has 2 aromatic carbocycles. The summed E-state index contributed by atoms with van der Waals surface area (Å²) in [5, 5.41) is 4.75. The lowest BCUT2D eigenvalue weighted by atomic mass is 9.81. The lowest BCUT2D eigenvalue weighted by molar-refractivity contribution is -0.227. The topological polar surface area (TPSA) is 48.8 Å². The summed E-state index contributed by atoms with van der Waals surface area (Å²) in [6, 6.07) is 18.6. The number of piperidine rings is 1. The highest BCUT2D eigenvalue weighted by Crippen LogP contribution is 2.44. The zero-order valence-electron chi connectivity index (χ0n) is 18.2. The first kappa shape index (κ1) is 20.2. The van der Waals surface area contributed by atoms with Gasteiger partial charge in [-0.25, -0.2) is 4.68 Å². The summed E-state index contributed by atoms with van der Waals surface area (Å²) in [4.78, 5) is 2.49. The fourth-order valence-corrected chi connectivity index (χ4v) is 4.84. The second-order valence-electron chi connectivity index (χ2n) is 8.36. The van der Waals surface area contributed by atoms with Crippen molar-refractivity contribution in [1.29, 1.82) is 0 Å². The van der Waals surface area contributed by atoms with Gasteiger partial charge in [-0.3, -0.25) is 4.90 Å². The van der Waals surface area contributed by atoms with Gasteiger partial charge in [-0.1, -0.05) is 30.3 Å². The van der Waals surface area contributed by atoms with Crippen molar-refractivity contribution in [2.75, 3.05) is 27.3 Å². The van der Waals surface area contributed by atoms with Crippen LogP contribution in [0.3, 0.4) is 0 Å². The Balaban J connectivity index is 1.36. The first-order valence-corrected chi connectivity index (χ1v) is 10.9. The van der Waals surface area contributed by atoms with Crippen LogP contribution in [-0.2, 0) is 28.0 Å². The molecule has 1 unspecified atom stereocenters. The third kappa shape index (κ3) is 3.87. The van der Waals surface area contributed by atoms with Gasteiger partial charge in [-0.2, -0.15) is 5.10 Å². The summed E-state index contributed by atoms with van der Waals surface area (Å²) in [5.41, 5.74) is 4.46. The van der Waals surface area contributed by atoms with Crippen molar-refractivity contribution in [2.45, 2.75) is 37.7 Å². The predicted molar refractivity (Wildman–Crippen MR) is 118 cm³/mol. The van der Waals surface area contributed by atoms with Gasteiger partial charge in [0.2, 0.25) is 0 Å². The number of hydrogen-bond acceptors (Lipinski definition) is 5. The third-order valence-electron chi connectivity index (χ3n) is 6.57. The van der Waals surface area contributed by atoms with Gasteiger partial charge < -0.3 is 14.2 Å². The standard InChI is InChI=1S/C25H29N3O3/c1-29-21-10-8-19(9-11-21)18-27-14-12-25(13-15-27)22-17-26-28(20-6-4-3-5-7-20)23(22)16-24(30-2)31-25/h3-11,17,24H,12-16,18H2,1-2H3. The second kappa shape index (κ2) is 8.46. The van der Waals surface area contributed by atoms with E-state index in [1.54, 1.807) is 14.2 Å². The molecular weight excluding hydrogens is 390 g/mol. The van der Waals surface area contributed by atoms with E-state index in [0.717, 1.165) is 43.9 Å². The molecule has 0 N–H and O–H groups in total. The molecule has 0 saturated carbocycles. The predicted octanol–water partition coefficient (Wildman–Crippen LogP) is 3.92. The van der Waals surface area contributed by atoms with Crippen molar-refractivity contribution in [3.8, 4) is 11.4 Å². The minimum Gasteiger partial charge on any atom is -0.497 e. The molecule has 31 heavy (non-hydrogen) atoms. The van der Waals surface area contributed by atoms with E-state index in [-0.39, 0.29) is 11.9 Å². The fourth-order valence-electron chi connectivity index (χ4n) is 4.84. The van der Waals surface area contributed by atoms with Crippen molar-refractivity contribution in [3.63, 3.8) is 0 Å². The monoisotopic (exact) mass is 419 g/mol. The highest BCUT2D eigenvalue weighted by atomic mass is 16.7. The van der Waals surface area contributed by atoms with Gasteiger partial charge in [0.25, 0.3) is 0 Å². The van der Waals surface area contributed by atoms with Crippen LogP contribution < -0.4 is 4.74 Å². The second-order valence-corrected chi connectivity index (χ2v) is 8.36. The average Bonchev–Trinajstić information content (AvgIpc) is 3.26. The maximum absolute atomic E-state index is 6.55. The van der Waals surface area contributed by atoms with Crippen LogP contribution in [0, 0.1) is 0 Å². The molecule has 0 radical (unpaired) electrons. The molecule has 1 saturated heterocycles. The van der Waals surface area contributed by atoms with Gasteiger partial charge in [-0.05, 0) is 42.7 Å². The van der Waals surface area contributed by atoms with E-state index in [1.165, 1.54) is 16.8 Å². The Hall–Kier alpha value is -2.67. The Morgan fingerprint density at radius 3 is 2.45 bits per heavy atom. The summed E-state index contributed by atoms with van der Waals surface area (Å²) >= 11 is 0. The van der Waals surface area contributed by atoms with Crippen LogP contribution >= 0.6 is 0 Å². The number of likely N-dealkylation sites (tertiary alicyclic amines) is 1. The van der Waals surface area contributed by atoms with Crippen LogP contribution in [0.25, 0.3) is 5.69 Å². The van der Waals surface area contributed by atoms with E-state index in [2.05, 4.69) is 33.8 Å². The van der Waals surface area contributed by atoms with E-state index in [9.17, 15) is 0 Å². The Morgan fingerprint density at radius 1 is 1.03 bits per heavy atom. The first-order chi connectivity index (χ1) is 15.2. The van der Waals surface area contributed by atoms with Crippen LogP contribution in [-0.4, -0.2) is 48.3 Å². The minimum atomic E-state index is -0.336. The van der Waals surface area contributed by atoms with Crippen LogP contribution in [0.2, 0.25) is 0 Å². The normalized spacial score (nSPS) is 20.5. The van der Waals surface area contributed by atoms with Crippen LogP contribution in [0.1, 0.15) is 29.7 Å². The Morgan fingerprint density at radius 2 is 1.77 bits per heavy atom. The van der Waals surface area contributed by atoms with Crippen LogP contribution in [0.15, 0.2) is 60.8 Å². The van der Waals surface area contributed by atoms with Gasteiger partial charge in [-0.15, -0.1) is 0 Å². The summed E-state index contributed by atoms with van der Waals surface area (Å²) in [5.74, 6) is 0.894. The third-order valence-corrected chi connectivity index (χ3v) is 6.57. The largest absolute Gasteiger partial charge is 0.497 e. The molecule has 6 heteroatoms. The molecule has 5 rings (SSSR count). The lowest BCUT2D eigenvalue weighted by Gasteiger charge is -2.45. The smallest absolute Gasteiger partial charge is 0.163 e. The zero-order valence-corrected chi connectivity index (χ0v) is 18.2. The molecule has 1 aromatic heterocycles. The van der Waals surface area contributed by atoms with E-state index in [4.69, 9.17) is 19.3 Å². The molecule has 3 aromatic rings. The van der Waals surface area contributed by atoms with Gasteiger partial charge in [0.1, 0.15) is 11.4 Å². The highest BCUT2D eigenvalue weighted by Gasteiger charge is 2.46. The van der Waals surface area contributed by atoms with Crippen molar-refractivity contribution >= 4 is 0 Å². The van der Waals surface area contributed by atoms with Crippen LogP contribution in [0.5, 0.6) is 5.75 Å². The first-order valence-electron chi connectivity index (χ1n) is 10.9. The number of nitrogens with zero attached hydrogens (tertiary/aromatic N) is 3. The fraction of sp³-hybridized carbons (Fsp3) is 0.400. The Kier molecular flexibility index (Phi) is 5.52. The molecule has 0 amide bonds. The number of aromatic nitrogens is 2. The molecule has 2 aliphatic rings. The van der Waals surface area contributed by atoms with E-state index in [1.807, 2.05) is 36.5 Å². The maximum Gasteiger partial charge on any atom is 0.163 e. The summed E-state index contributed by atoms with van der Waals surface area (Å²) in [6.45, 7) is 2.88. The van der Waals surface area contributed by atoms with Crippen molar-refractivity contribution < 1.29 is 14.2 Å². The molecule has 0 bridgehead atoms. The lowest BCUT2D eigenvalue weighted by Crippen LogP contribution is -2.49. The number of hydrogen-bond donors (Lipinski definition) is 0.